The van der Waals surface area contributed by atoms with Crippen LogP contribution < -0.4 is 5.32 Å². The first-order valence-corrected chi connectivity index (χ1v) is 8.29. The van der Waals surface area contributed by atoms with Gasteiger partial charge in [-0.15, -0.1) is 0 Å². The van der Waals surface area contributed by atoms with Gasteiger partial charge in [-0.1, -0.05) is 0 Å². The van der Waals surface area contributed by atoms with Gasteiger partial charge in [-0.05, 0) is 33.0 Å². The third-order valence-corrected chi connectivity index (χ3v) is 5.03. The number of likely N-dealkylation sites (tertiary alicyclic amines) is 1. The van der Waals surface area contributed by atoms with Gasteiger partial charge in [0.1, 0.15) is 0 Å². The van der Waals surface area contributed by atoms with Crippen molar-refractivity contribution in [1.29, 1.82) is 0 Å². The number of nitrogens with zero attached hydrogens (tertiary/aromatic N) is 2. The zero-order valence-electron chi connectivity index (χ0n) is 11.7. The first-order chi connectivity index (χ1) is 9.22. The summed E-state index contributed by atoms with van der Waals surface area (Å²) in [4.78, 5) is 16.8. The summed E-state index contributed by atoms with van der Waals surface area (Å²) >= 11 is 1.83. The number of rotatable bonds is 4. The van der Waals surface area contributed by atoms with E-state index in [0.717, 1.165) is 44.0 Å². The summed E-state index contributed by atoms with van der Waals surface area (Å²) in [6.45, 7) is 3.49. The lowest BCUT2D eigenvalue weighted by atomic mass is 10.0. The van der Waals surface area contributed by atoms with E-state index in [2.05, 4.69) is 17.3 Å². The van der Waals surface area contributed by atoms with Crippen molar-refractivity contribution in [3.63, 3.8) is 0 Å². The number of carbonyl (C=O) groups excluding carboxylic acids is 1. The predicted octanol–water partition coefficient (Wildman–Crippen LogP) is -0.393. The van der Waals surface area contributed by atoms with Crippen LogP contribution in [0.25, 0.3) is 0 Å². The molecule has 0 aliphatic carbocycles. The van der Waals surface area contributed by atoms with Crippen LogP contribution >= 0.6 is 11.8 Å². The monoisotopic (exact) mass is 287 g/mol. The van der Waals surface area contributed by atoms with Gasteiger partial charge >= 0.3 is 0 Å². The molecule has 0 bridgehead atoms. The van der Waals surface area contributed by atoms with Gasteiger partial charge in [0.25, 0.3) is 0 Å². The zero-order chi connectivity index (χ0) is 13.7. The molecule has 2 aliphatic heterocycles. The van der Waals surface area contributed by atoms with Crippen LogP contribution in [-0.2, 0) is 4.79 Å². The number of hydrogen-bond donors (Lipinski definition) is 2. The molecule has 0 saturated carbocycles. The molecule has 2 rings (SSSR count). The number of nitrogens with one attached hydrogen (secondary N) is 1. The molecule has 0 aromatic rings. The molecule has 1 unspecified atom stereocenters. The van der Waals surface area contributed by atoms with Gasteiger partial charge in [0.15, 0.2) is 0 Å². The lowest BCUT2D eigenvalue weighted by Crippen LogP contribution is -2.55. The van der Waals surface area contributed by atoms with Gasteiger partial charge in [-0.2, -0.15) is 11.8 Å². The predicted molar refractivity (Wildman–Crippen MR) is 78.4 cm³/mol. The molecule has 5 nitrogen and oxygen atoms in total. The Morgan fingerprint density at radius 1 is 1.47 bits per heavy atom. The second kappa shape index (κ2) is 7.47. The fourth-order valence-corrected chi connectivity index (χ4v) is 3.74. The van der Waals surface area contributed by atoms with E-state index in [4.69, 9.17) is 0 Å². The maximum absolute atomic E-state index is 12.6. The van der Waals surface area contributed by atoms with Crippen molar-refractivity contribution in [3.05, 3.63) is 0 Å². The maximum Gasteiger partial charge on any atom is 0.240 e. The average Bonchev–Trinajstić information content (AvgIpc) is 2.46. The lowest BCUT2D eigenvalue weighted by molar-refractivity contribution is -0.136. The summed E-state index contributed by atoms with van der Waals surface area (Å²) in [5.41, 5.74) is 0. The number of thioether (sulfide) groups is 1. The Morgan fingerprint density at radius 3 is 2.79 bits per heavy atom. The van der Waals surface area contributed by atoms with Crippen molar-refractivity contribution >= 4 is 17.7 Å². The van der Waals surface area contributed by atoms with Crippen molar-refractivity contribution in [2.45, 2.75) is 24.9 Å². The highest BCUT2D eigenvalue weighted by atomic mass is 32.2. The summed E-state index contributed by atoms with van der Waals surface area (Å²) in [5.74, 6) is 2.11. The number of hydrogen-bond acceptors (Lipinski definition) is 5. The van der Waals surface area contributed by atoms with Crippen molar-refractivity contribution in [2.75, 3.05) is 51.3 Å². The molecule has 0 aromatic carbocycles. The molecule has 0 aromatic heterocycles. The second-order valence-corrected chi connectivity index (χ2v) is 6.52. The van der Waals surface area contributed by atoms with E-state index in [1.54, 1.807) is 0 Å². The van der Waals surface area contributed by atoms with Crippen LogP contribution in [0.4, 0.5) is 0 Å². The Labute approximate surface area is 119 Å². The van der Waals surface area contributed by atoms with Crippen LogP contribution in [0.2, 0.25) is 0 Å². The molecule has 2 fully saturated rings. The van der Waals surface area contributed by atoms with Crippen molar-refractivity contribution in [3.8, 4) is 0 Å². The summed E-state index contributed by atoms with van der Waals surface area (Å²) in [6.07, 6.45) is 2.03. The van der Waals surface area contributed by atoms with Gasteiger partial charge in [0.05, 0.1) is 12.6 Å². The van der Waals surface area contributed by atoms with Crippen LogP contribution in [-0.4, -0.2) is 84.2 Å². The van der Waals surface area contributed by atoms with E-state index in [-0.39, 0.29) is 18.6 Å². The molecule has 1 amide bonds. The minimum Gasteiger partial charge on any atom is -0.395 e. The smallest absolute Gasteiger partial charge is 0.240 e. The van der Waals surface area contributed by atoms with Crippen molar-refractivity contribution in [1.82, 2.24) is 15.1 Å². The normalized spacial score (nSPS) is 26.3. The zero-order valence-corrected chi connectivity index (χ0v) is 12.5. The molecular formula is C13H25N3O2S. The van der Waals surface area contributed by atoms with Crippen LogP contribution in [0.1, 0.15) is 12.8 Å². The summed E-state index contributed by atoms with van der Waals surface area (Å²) < 4.78 is 0. The standard InChI is InChI=1S/C13H25N3O2S/c1-15-5-2-11(3-6-15)16(7-8-17)13(18)12-10-19-9-4-14-12/h11-12,14,17H,2-10H2,1H3. The van der Waals surface area contributed by atoms with E-state index >= 15 is 0 Å². The quantitative estimate of drug-likeness (QED) is 0.737. The fraction of sp³-hybridized carbons (Fsp3) is 0.923. The number of carbonyl (C=O) groups is 1. The van der Waals surface area contributed by atoms with Gasteiger partial charge < -0.3 is 20.2 Å². The first kappa shape index (κ1) is 15.1. The first-order valence-electron chi connectivity index (χ1n) is 7.13. The van der Waals surface area contributed by atoms with Crippen LogP contribution in [0.5, 0.6) is 0 Å². The Bertz CT molecular complexity index is 290. The molecule has 2 aliphatic rings. The highest BCUT2D eigenvalue weighted by molar-refractivity contribution is 7.99. The van der Waals surface area contributed by atoms with E-state index in [1.165, 1.54) is 0 Å². The van der Waals surface area contributed by atoms with E-state index < -0.39 is 0 Å². The second-order valence-electron chi connectivity index (χ2n) is 5.37. The maximum atomic E-state index is 12.6. The number of aliphatic hydroxyl groups excluding tert-OH is 1. The van der Waals surface area contributed by atoms with Crippen molar-refractivity contribution < 1.29 is 9.90 Å². The van der Waals surface area contributed by atoms with Gasteiger partial charge in [-0.3, -0.25) is 4.79 Å². The number of aliphatic hydroxyl groups is 1. The minimum absolute atomic E-state index is 0.0535. The van der Waals surface area contributed by atoms with Crippen LogP contribution in [0, 0.1) is 0 Å². The number of piperidine rings is 1. The molecule has 6 heteroatoms. The van der Waals surface area contributed by atoms with E-state index in [9.17, 15) is 9.90 Å². The Kier molecular flexibility index (Phi) is 5.94. The summed E-state index contributed by atoms with van der Waals surface area (Å²) in [6, 6.07) is 0.231. The van der Waals surface area contributed by atoms with Gasteiger partial charge in [0.2, 0.25) is 5.91 Å². The topological polar surface area (TPSA) is 55.8 Å². The third kappa shape index (κ3) is 4.08. The fourth-order valence-electron chi connectivity index (χ4n) is 2.81. The van der Waals surface area contributed by atoms with E-state index in [0.29, 0.717) is 12.6 Å². The minimum atomic E-state index is -0.0649. The molecule has 19 heavy (non-hydrogen) atoms. The van der Waals surface area contributed by atoms with Gasteiger partial charge in [0, 0.05) is 30.6 Å². The summed E-state index contributed by atoms with van der Waals surface area (Å²) in [5, 5.41) is 12.5. The highest BCUT2D eigenvalue weighted by Crippen LogP contribution is 2.18. The number of amides is 1. The third-order valence-electron chi connectivity index (χ3n) is 3.97. The molecule has 0 radical (unpaired) electrons. The largest absolute Gasteiger partial charge is 0.395 e. The Hall–Kier alpha value is -0.300. The highest BCUT2D eigenvalue weighted by Gasteiger charge is 2.31. The van der Waals surface area contributed by atoms with Gasteiger partial charge in [-0.25, -0.2) is 0 Å². The van der Waals surface area contributed by atoms with E-state index in [1.807, 2.05) is 16.7 Å². The molecule has 0 spiro atoms. The Morgan fingerprint density at radius 2 is 2.21 bits per heavy atom. The average molecular weight is 287 g/mol. The molecule has 2 N–H and O–H groups in total. The SMILES string of the molecule is CN1CCC(N(CCO)C(=O)C2CSCCN2)CC1. The van der Waals surface area contributed by atoms with Crippen LogP contribution in [0.3, 0.4) is 0 Å². The molecule has 110 valence electrons. The lowest BCUT2D eigenvalue weighted by Gasteiger charge is -2.39. The molecule has 1 atom stereocenters. The van der Waals surface area contributed by atoms with Crippen LogP contribution in [0.15, 0.2) is 0 Å². The molecular weight excluding hydrogens is 262 g/mol. The summed E-state index contributed by atoms with van der Waals surface area (Å²) in [7, 11) is 2.12. The molecule has 2 heterocycles. The molecule has 2 saturated heterocycles. The Balaban J connectivity index is 1.95. The van der Waals surface area contributed by atoms with Crippen molar-refractivity contribution in [2.24, 2.45) is 0 Å².